The van der Waals surface area contributed by atoms with Crippen LogP contribution in [-0.4, -0.2) is 41.6 Å². The van der Waals surface area contributed by atoms with Gasteiger partial charge < -0.3 is 14.4 Å². The van der Waals surface area contributed by atoms with E-state index in [-0.39, 0.29) is 11.7 Å². The van der Waals surface area contributed by atoms with Crippen LogP contribution in [0.5, 0.6) is 0 Å². The second kappa shape index (κ2) is 5.94. The zero-order valence-electron chi connectivity index (χ0n) is 13.4. The van der Waals surface area contributed by atoms with Gasteiger partial charge in [-0.3, -0.25) is 4.79 Å². The number of halogens is 1. The number of rotatable bonds is 2. The molecule has 1 fully saturated rings. The third-order valence-corrected chi connectivity index (χ3v) is 5.49. The highest BCUT2D eigenvalue weighted by molar-refractivity contribution is 7.17. The fourth-order valence-corrected chi connectivity index (χ4v) is 4.09. The molecule has 0 aliphatic carbocycles. The van der Waals surface area contributed by atoms with Gasteiger partial charge in [0.2, 0.25) is 0 Å². The molecular formula is C18H18FN3OS. The minimum Gasteiger partial charge on any atom is -0.368 e. The van der Waals surface area contributed by atoms with Gasteiger partial charge in [0.25, 0.3) is 5.91 Å². The molecular weight excluding hydrogens is 325 g/mol. The monoisotopic (exact) mass is 343 g/mol. The Kier molecular flexibility index (Phi) is 3.76. The van der Waals surface area contributed by atoms with Gasteiger partial charge >= 0.3 is 0 Å². The number of hydrogen-bond acceptors (Lipinski definition) is 3. The number of aromatic nitrogens is 1. The summed E-state index contributed by atoms with van der Waals surface area (Å²) >= 11 is 1.65. The highest BCUT2D eigenvalue weighted by atomic mass is 32.1. The Labute approximate surface area is 143 Å². The summed E-state index contributed by atoms with van der Waals surface area (Å²) in [6, 6.07) is 10.6. The summed E-state index contributed by atoms with van der Waals surface area (Å²) in [7, 11) is 1.94. The molecule has 3 heterocycles. The SMILES string of the molecule is Cn1c(C(=O)N2CCN(c3ccc(F)cc3)CC2)cc2sccc21. The fourth-order valence-electron chi connectivity index (χ4n) is 3.24. The van der Waals surface area contributed by atoms with Gasteiger partial charge in [0.15, 0.2) is 0 Å². The van der Waals surface area contributed by atoms with E-state index >= 15 is 0 Å². The molecule has 1 amide bonds. The molecule has 1 aliphatic rings. The van der Waals surface area contributed by atoms with Crippen LogP contribution in [-0.2, 0) is 7.05 Å². The molecule has 0 N–H and O–H groups in total. The van der Waals surface area contributed by atoms with Crippen molar-refractivity contribution in [3.8, 4) is 0 Å². The van der Waals surface area contributed by atoms with Gasteiger partial charge in [-0.1, -0.05) is 0 Å². The summed E-state index contributed by atoms with van der Waals surface area (Å²) in [5.74, 6) is -0.143. The van der Waals surface area contributed by atoms with Crippen molar-refractivity contribution in [1.29, 1.82) is 0 Å². The maximum absolute atomic E-state index is 13.0. The average molecular weight is 343 g/mol. The molecule has 3 aromatic rings. The zero-order valence-corrected chi connectivity index (χ0v) is 14.2. The lowest BCUT2D eigenvalue weighted by Crippen LogP contribution is -2.49. The normalized spacial score (nSPS) is 15.2. The number of carbonyl (C=O) groups excluding carboxylic acids is 1. The lowest BCUT2D eigenvalue weighted by atomic mass is 10.2. The van der Waals surface area contributed by atoms with Crippen LogP contribution in [0.2, 0.25) is 0 Å². The van der Waals surface area contributed by atoms with Crippen molar-refractivity contribution in [2.45, 2.75) is 0 Å². The quantitative estimate of drug-likeness (QED) is 0.714. The second-order valence-electron chi connectivity index (χ2n) is 6.01. The molecule has 0 bridgehead atoms. The van der Waals surface area contributed by atoms with Crippen molar-refractivity contribution < 1.29 is 9.18 Å². The Morgan fingerprint density at radius 2 is 1.79 bits per heavy atom. The van der Waals surface area contributed by atoms with E-state index in [0.717, 1.165) is 34.7 Å². The number of anilines is 1. The van der Waals surface area contributed by atoms with E-state index in [1.54, 1.807) is 23.5 Å². The minimum absolute atomic E-state index is 0.0830. The first-order chi connectivity index (χ1) is 11.6. The Bertz CT molecular complexity index is 875. The van der Waals surface area contributed by atoms with Gasteiger partial charge in [-0.25, -0.2) is 4.39 Å². The second-order valence-corrected chi connectivity index (χ2v) is 6.96. The van der Waals surface area contributed by atoms with Crippen LogP contribution < -0.4 is 4.90 Å². The average Bonchev–Trinajstić information content (AvgIpc) is 3.18. The number of hydrogen-bond donors (Lipinski definition) is 0. The molecule has 124 valence electrons. The van der Waals surface area contributed by atoms with E-state index in [4.69, 9.17) is 0 Å². The molecule has 0 unspecified atom stereocenters. The van der Waals surface area contributed by atoms with Crippen molar-refractivity contribution in [2.75, 3.05) is 31.1 Å². The molecule has 6 heteroatoms. The molecule has 1 aliphatic heterocycles. The summed E-state index contributed by atoms with van der Waals surface area (Å²) in [5.41, 5.74) is 2.85. The van der Waals surface area contributed by atoms with Crippen LogP contribution >= 0.6 is 11.3 Å². The molecule has 2 aromatic heterocycles. The summed E-state index contributed by atoms with van der Waals surface area (Å²) in [6.45, 7) is 2.87. The number of amides is 1. The standard InChI is InChI=1S/C18H18FN3OS/c1-20-15-6-11-24-17(15)12-16(20)18(23)22-9-7-21(8-10-22)14-4-2-13(19)3-5-14/h2-6,11-12H,7-10H2,1H3. The Morgan fingerprint density at radius 3 is 2.46 bits per heavy atom. The molecule has 4 rings (SSSR count). The van der Waals surface area contributed by atoms with E-state index < -0.39 is 0 Å². The van der Waals surface area contributed by atoms with Gasteiger partial charge in [0.05, 0.1) is 10.2 Å². The summed E-state index contributed by atoms with van der Waals surface area (Å²) in [6.07, 6.45) is 0. The molecule has 0 saturated carbocycles. The maximum Gasteiger partial charge on any atom is 0.270 e. The third-order valence-electron chi connectivity index (χ3n) is 4.64. The number of nitrogens with zero attached hydrogens (tertiary/aromatic N) is 3. The predicted molar refractivity (Wildman–Crippen MR) is 95.3 cm³/mol. The van der Waals surface area contributed by atoms with Crippen molar-refractivity contribution in [3.63, 3.8) is 0 Å². The van der Waals surface area contributed by atoms with Crippen molar-refractivity contribution in [3.05, 3.63) is 53.3 Å². The Morgan fingerprint density at radius 1 is 1.08 bits per heavy atom. The smallest absolute Gasteiger partial charge is 0.270 e. The van der Waals surface area contributed by atoms with Crippen LogP contribution in [0.25, 0.3) is 10.2 Å². The number of fused-ring (bicyclic) bond motifs is 1. The molecule has 1 aromatic carbocycles. The Hall–Kier alpha value is -2.34. The van der Waals surface area contributed by atoms with Crippen LogP contribution in [0.4, 0.5) is 10.1 Å². The van der Waals surface area contributed by atoms with Crippen LogP contribution in [0.3, 0.4) is 0 Å². The van der Waals surface area contributed by atoms with Gasteiger partial charge in [0.1, 0.15) is 11.5 Å². The number of benzene rings is 1. The molecule has 4 nitrogen and oxygen atoms in total. The molecule has 24 heavy (non-hydrogen) atoms. The van der Waals surface area contributed by atoms with Crippen LogP contribution in [0.15, 0.2) is 41.8 Å². The first-order valence-corrected chi connectivity index (χ1v) is 8.84. The lowest BCUT2D eigenvalue weighted by Gasteiger charge is -2.36. The largest absolute Gasteiger partial charge is 0.368 e. The van der Waals surface area contributed by atoms with E-state index in [2.05, 4.69) is 4.90 Å². The van der Waals surface area contributed by atoms with Crippen molar-refractivity contribution in [2.24, 2.45) is 7.05 Å². The predicted octanol–water partition coefficient (Wildman–Crippen LogP) is 3.34. The van der Waals surface area contributed by atoms with Gasteiger partial charge in [-0.2, -0.15) is 0 Å². The molecule has 0 atom stereocenters. The van der Waals surface area contributed by atoms with E-state index in [0.29, 0.717) is 13.1 Å². The zero-order chi connectivity index (χ0) is 16.7. The van der Waals surface area contributed by atoms with E-state index in [1.165, 1.54) is 12.1 Å². The van der Waals surface area contributed by atoms with Crippen molar-refractivity contribution >= 4 is 33.1 Å². The van der Waals surface area contributed by atoms with E-state index in [1.807, 2.05) is 34.0 Å². The van der Waals surface area contributed by atoms with E-state index in [9.17, 15) is 9.18 Å². The third kappa shape index (κ3) is 2.57. The van der Waals surface area contributed by atoms with Gasteiger partial charge in [-0.05, 0) is 41.8 Å². The van der Waals surface area contributed by atoms with Gasteiger partial charge in [0, 0.05) is 38.9 Å². The maximum atomic E-state index is 13.0. The molecule has 1 saturated heterocycles. The number of piperazine rings is 1. The fraction of sp³-hybridized carbons (Fsp3) is 0.278. The first-order valence-electron chi connectivity index (χ1n) is 7.96. The lowest BCUT2D eigenvalue weighted by molar-refractivity contribution is 0.0737. The number of carbonyl (C=O) groups is 1. The van der Waals surface area contributed by atoms with Crippen LogP contribution in [0.1, 0.15) is 10.5 Å². The minimum atomic E-state index is -0.226. The number of thiophene rings is 1. The topological polar surface area (TPSA) is 28.5 Å². The summed E-state index contributed by atoms with van der Waals surface area (Å²) in [5, 5.41) is 2.04. The summed E-state index contributed by atoms with van der Waals surface area (Å²) < 4.78 is 16.2. The highest BCUT2D eigenvalue weighted by Gasteiger charge is 2.24. The number of aryl methyl sites for hydroxylation is 1. The molecule has 0 radical (unpaired) electrons. The van der Waals surface area contributed by atoms with Gasteiger partial charge in [-0.15, -0.1) is 11.3 Å². The first kappa shape index (κ1) is 15.2. The van der Waals surface area contributed by atoms with Crippen LogP contribution in [0, 0.1) is 5.82 Å². The Balaban J connectivity index is 1.47. The highest BCUT2D eigenvalue weighted by Crippen LogP contribution is 2.25. The molecule has 0 spiro atoms. The van der Waals surface area contributed by atoms with Crippen molar-refractivity contribution in [1.82, 2.24) is 9.47 Å². The summed E-state index contributed by atoms with van der Waals surface area (Å²) in [4.78, 5) is 16.9.